The maximum Gasteiger partial charge on any atom is 0.251 e. The average Bonchev–Trinajstić information content (AvgIpc) is 2.28. The lowest BCUT2D eigenvalue weighted by molar-refractivity contribution is 0.0953. The van der Waals surface area contributed by atoms with Gasteiger partial charge in [-0.05, 0) is 51.5 Å². The molecule has 0 aliphatic heterocycles. The lowest BCUT2D eigenvalue weighted by atomic mass is 10.2. The summed E-state index contributed by atoms with van der Waals surface area (Å²) in [5.74, 6) is 0.694. The molecule has 1 N–H and O–H groups in total. The summed E-state index contributed by atoms with van der Waals surface area (Å²) in [6.45, 7) is 6.43. The number of hydrogen-bond donors (Lipinski definition) is 1. The van der Waals surface area contributed by atoms with Gasteiger partial charge in [0.15, 0.2) is 0 Å². The molecule has 1 aromatic carbocycles. The highest BCUT2D eigenvalue weighted by atomic mass is 35.5. The average molecular weight is 270 g/mol. The van der Waals surface area contributed by atoms with Gasteiger partial charge in [-0.1, -0.05) is 0 Å². The fraction of sp³-hybridized carbons (Fsp3) is 0.500. The summed E-state index contributed by atoms with van der Waals surface area (Å²) in [5, 5.41) is 2.90. The third-order valence-corrected chi connectivity index (χ3v) is 2.53. The SMILES string of the molecule is CC(Cl)CCNC(=O)c1ccc(OC(C)C)cc1. The Morgan fingerprint density at radius 3 is 2.39 bits per heavy atom. The molecule has 1 amide bonds. The van der Waals surface area contributed by atoms with Crippen LogP contribution in [-0.4, -0.2) is 23.9 Å². The molecule has 100 valence electrons. The van der Waals surface area contributed by atoms with E-state index in [1.54, 1.807) is 24.3 Å². The van der Waals surface area contributed by atoms with Gasteiger partial charge in [0, 0.05) is 17.5 Å². The summed E-state index contributed by atoms with van der Waals surface area (Å²) in [5.41, 5.74) is 0.633. The monoisotopic (exact) mass is 269 g/mol. The van der Waals surface area contributed by atoms with Gasteiger partial charge in [0.2, 0.25) is 0 Å². The number of nitrogens with one attached hydrogen (secondary N) is 1. The van der Waals surface area contributed by atoms with Crippen LogP contribution in [0.1, 0.15) is 37.6 Å². The zero-order valence-corrected chi connectivity index (χ0v) is 11.8. The topological polar surface area (TPSA) is 38.3 Å². The maximum atomic E-state index is 11.8. The van der Waals surface area contributed by atoms with E-state index in [1.807, 2.05) is 20.8 Å². The van der Waals surface area contributed by atoms with Gasteiger partial charge >= 0.3 is 0 Å². The van der Waals surface area contributed by atoms with Crippen LogP contribution in [0.25, 0.3) is 0 Å². The van der Waals surface area contributed by atoms with Crippen molar-refractivity contribution in [3.05, 3.63) is 29.8 Å². The highest BCUT2D eigenvalue weighted by molar-refractivity contribution is 6.20. The molecule has 1 aromatic rings. The first-order valence-corrected chi connectivity index (χ1v) is 6.61. The van der Waals surface area contributed by atoms with Gasteiger partial charge in [0.1, 0.15) is 5.75 Å². The van der Waals surface area contributed by atoms with E-state index >= 15 is 0 Å². The largest absolute Gasteiger partial charge is 0.491 e. The van der Waals surface area contributed by atoms with Crippen LogP contribution in [0.4, 0.5) is 0 Å². The molecule has 1 unspecified atom stereocenters. The number of carbonyl (C=O) groups is 1. The quantitative estimate of drug-likeness (QED) is 0.806. The Bertz CT molecular complexity index is 374. The van der Waals surface area contributed by atoms with E-state index in [9.17, 15) is 4.79 Å². The van der Waals surface area contributed by atoms with Crippen LogP contribution in [0, 0.1) is 0 Å². The number of hydrogen-bond acceptors (Lipinski definition) is 2. The van der Waals surface area contributed by atoms with Crippen molar-refractivity contribution in [3.63, 3.8) is 0 Å². The summed E-state index contributed by atoms with van der Waals surface area (Å²) in [6.07, 6.45) is 0.900. The molecule has 0 radical (unpaired) electrons. The smallest absolute Gasteiger partial charge is 0.251 e. The fourth-order valence-electron chi connectivity index (χ4n) is 1.44. The third-order valence-electron chi connectivity index (χ3n) is 2.32. The minimum Gasteiger partial charge on any atom is -0.491 e. The van der Waals surface area contributed by atoms with Gasteiger partial charge in [-0.3, -0.25) is 4.79 Å². The molecule has 0 fully saturated rings. The number of amides is 1. The zero-order chi connectivity index (χ0) is 13.5. The Morgan fingerprint density at radius 2 is 1.89 bits per heavy atom. The van der Waals surface area contributed by atoms with Crippen LogP contribution in [0.15, 0.2) is 24.3 Å². The Balaban J connectivity index is 2.48. The molecule has 0 saturated heterocycles. The molecule has 0 saturated carbocycles. The van der Waals surface area contributed by atoms with Crippen molar-refractivity contribution in [2.24, 2.45) is 0 Å². The minimum atomic E-state index is -0.0802. The molecule has 0 bridgehead atoms. The van der Waals surface area contributed by atoms with Crippen LogP contribution in [0.2, 0.25) is 0 Å². The van der Waals surface area contributed by atoms with Crippen molar-refractivity contribution in [1.29, 1.82) is 0 Å². The predicted molar refractivity (Wildman–Crippen MR) is 74.5 cm³/mol. The summed E-state index contributed by atoms with van der Waals surface area (Å²) < 4.78 is 5.51. The standard InChI is InChI=1S/C14H20ClNO2/c1-10(2)18-13-6-4-12(5-7-13)14(17)16-9-8-11(3)15/h4-7,10-11H,8-9H2,1-3H3,(H,16,17). The third kappa shape index (κ3) is 5.41. The van der Waals surface area contributed by atoms with E-state index in [1.165, 1.54) is 0 Å². The molecule has 1 rings (SSSR count). The molecule has 4 heteroatoms. The number of ether oxygens (including phenoxy) is 1. The Morgan fingerprint density at radius 1 is 1.28 bits per heavy atom. The van der Waals surface area contributed by atoms with Crippen molar-refractivity contribution >= 4 is 17.5 Å². The number of alkyl halides is 1. The molecular weight excluding hydrogens is 250 g/mol. The van der Waals surface area contributed by atoms with Crippen molar-refractivity contribution in [2.75, 3.05) is 6.54 Å². The number of carbonyl (C=O) groups excluding carboxylic acids is 1. The summed E-state index contributed by atoms with van der Waals surface area (Å²) >= 11 is 5.81. The van der Waals surface area contributed by atoms with Gasteiger partial charge in [0.05, 0.1) is 6.10 Å². The Hall–Kier alpha value is -1.22. The van der Waals surface area contributed by atoms with Crippen molar-refractivity contribution < 1.29 is 9.53 Å². The number of benzene rings is 1. The minimum absolute atomic E-state index is 0.0760. The highest BCUT2D eigenvalue weighted by Crippen LogP contribution is 2.13. The van der Waals surface area contributed by atoms with Crippen molar-refractivity contribution in [2.45, 2.75) is 38.7 Å². The second-order valence-corrected chi connectivity index (χ2v) is 5.26. The molecule has 0 aliphatic rings. The zero-order valence-electron chi connectivity index (χ0n) is 11.1. The Kier molecular flexibility index (Phi) is 5.99. The highest BCUT2D eigenvalue weighted by Gasteiger charge is 2.06. The predicted octanol–water partition coefficient (Wildman–Crippen LogP) is 3.22. The van der Waals surface area contributed by atoms with Gasteiger partial charge in [-0.15, -0.1) is 11.6 Å². The van der Waals surface area contributed by atoms with E-state index in [2.05, 4.69) is 5.32 Å². The van der Waals surface area contributed by atoms with E-state index in [0.717, 1.165) is 12.2 Å². The van der Waals surface area contributed by atoms with Gasteiger partial charge in [0.25, 0.3) is 5.91 Å². The Labute approximate surface area is 113 Å². The normalized spacial score (nSPS) is 12.3. The van der Waals surface area contributed by atoms with E-state index in [4.69, 9.17) is 16.3 Å². The van der Waals surface area contributed by atoms with Crippen LogP contribution in [-0.2, 0) is 0 Å². The van der Waals surface area contributed by atoms with E-state index in [-0.39, 0.29) is 17.4 Å². The van der Waals surface area contributed by atoms with Crippen molar-refractivity contribution in [1.82, 2.24) is 5.32 Å². The van der Waals surface area contributed by atoms with Crippen LogP contribution in [0.3, 0.4) is 0 Å². The lowest BCUT2D eigenvalue weighted by Gasteiger charge is -2.10. The second-order valence-electron chi connectivity index (χ2n) is 4.52. The van der Waals surface area contributed by atoms with Gasteiger partial charge in [-0.2, -0.15) is 0 Å². The number of halogens is 1. The van der Waals surface area contributed by atoms with Crippen LogP contribution < -0.4 is 10.1 Å². The lowest BCUT2D eigenvalue weighted by Crippen LogP contribution is -2.25. The molecule has 0 heterocycles. The van der Waals surface area contributed by atoms with Crippen LogP contribution >= 0.6 is 11.6 Å². The second kappa shape index (κ2) is 7.27. The van der Waals surface area contributed by atoms with Crippen molar-refractivity contribution in [3.8, 4) is 5.75 Å². The summed E-state index contributed by atoms with van der Waals surface area (Å²) in [4.78, 5) is 11.8. The van der Waals surface area contributed by atoms with Gasteiger partial charge < -0.3 is 10.1 Å². The van der Waals surface area contributed by atoms with E-state index in [0.29, 0.717) is 12.1 Å². The first-order chi connectivity index (χ1) is 8.49. The number of rotatable bonds is 6. The fourth-order valence-corrected chi connectivity index (χ4v) is 1.55. The molecule has 18 heavy (non-hydrogen) atoms. The first kappa shape index (κ1) is 14.8. The van der Waals surface area contributed by atoms with E-state index < -0.39 is 0 Å². The molecular formula is C14H20ClNO2. The van der Waals surface area contributed by atoms with Crippen LogP contribution in [0.5, 0.6) is 5.75 Å². The molecule has 0 spiro atoms. The van der Waals surface area contributed by atoms with Gasteiger partial charge in [-0.25, -0.2) is 0 Å². The summed E-state index contributed by atoms with van der Waals surface area (Å²) in [6, 6.07) is 7.13. The molecule has 3 nitrogen and oxygen atoms in total. The maximum absolute atomic E-state index is 11.8. The molecule has 0 aromatic heterocycles. The molecule has 0 aliphatic carbocycles. The first-order valence-electron chi connectivity index (χ1n) is 6.18. The molecule has 1 atom stereocenters. The summed E-state index contributed by atoms with van der Waals surface area (Å²) in [7, 11) is 0.